The zero-order valence-corrected chi connectivity index (χ0v) is 12.9. The number of nitrogens with zero attached hydrogens (tertiary/aromatic N) is 5. The van der Waals surface area contributed by atoms with Gasteiger partial charge in [-0.15, -0.1) is 10.2 Å². The third-order valence-corrected chi connectivity index (χ3v) is 4.77. The third kappa shape index (κ3) is 2.40. The molecular formula is C11H11ClIN5O. The fourth-order valence-electron chi connectivity index (χ4n) is 2.19. The fourth-order valence-corrected chi connectivity index (χ4v) is 2.77. The predicted molar refractivity (Wildman–Crippen MR) is 78.3 cm³/mol. The zero-order valence-electron chi connectivity index (χ0n) is 10.0. The molecular weight excluding hydrogens is 381 g/mol. The molecule has 8 heteroatoms. The van der Waals surface area contributed by atoms with Gasteiger partial charge in [0.1, 0.15) is 14.5 Å². The van der Waals surface area contributed by atoms with E-state index in [0.717, 1.165) is 37.5 Å². The van der Waals surface area contributed by atoms with Gasteiger partial charge in [0.2, 0.25) is 0 Å². The van der Waals surface area contributed by atoms with Crippen LogP contribution in [0.25, 0.3) is 0 Å². The lowest BCUT2D eigenvalue weighted by molar-refractivity contribution is 0.499. The van der Waals surface area contributed by atoms with Gasteiger partial charge in [-0.3, -0.25) is 9.36 Å². The molecule has 0 atom stereocenters. The summed E-state index contributed by atoms with van der Waals surface area (Å²) in [5.74, 6) is 1.81. The molecule has 0 unspecified atom stereocenters. The second-order valence-electron chi connectivity index (χ2n) is 4.42. The first-order chi connectivity index (χ1) is 9.16. The van der Waals surface area contributed by atoms with E-state index in [1.165, 1.54) is 10.9 Å². The van der Waals surface area contributed by atoms with Crippen molar-refractivity contribution in [3.05, 3.63) is 37.1 Å². The van der Waals surface area contributed by atoms with Crippen LogP contribution in [0.5, 0.6) is 0 Å². The minimum absolute atomic E-state index is 0.145. The molecule has 0 aromatic carbocycles. The van der Waals surface area contributed by atoms with Crippen molar-refractivity contribution < 1.29 is 0 Å². The fraction of sp³-hybridized carbons (Fsp3) is 0.455. The van der Waals surface area contributed by atoms with Crippen LogP contribution in [0.3, 0.4) is 0 Å². The van der Waals surface area contributed by atoms with Crippen LogP contribution in [0.1, 0.15) is 24.5 Å². The van der Waals surface area contributed by atoms with Crippen LogP contribution >= 0.6 is 34.2 Å². The van der Waals surface area contributed by atoms with Gasteiger partial charge in [-0.2, -0.15) is 0 Å². The van der Waals surface area contributed by atoms with Gasteiger partial charge in [-0.05, 0) is 35.4 Å². The molecule has 0 spiro atoms. The lowest BCUT2D eigenvalue weighted by Crippen LogP contribution is -2.25. The molecule has 100 valence electrons. The van der Waals surface area contributed by atoms with Gasteiger partial charge >= 0.3 is 0 Å². The molecule has 0 radical (unpaired) electrons. The molecule has 0 fully saturated rings. The highest BCUT2D eigenvalue weighted by molar-refractivity contribution is 14.1. The summed E-state index contributed by atoms with van der Waals surface area (Å²) >= 11 is 7.73. The first kappa shape index (κ1) is 13.0. The maximum atomic E-state index is 12.1. The van der Waals surface area contributed by atoms with E-state index in [2.05, 4.69) is 19.7 Å². The Morgan fingerprint density at radius 3 is 3.05 bits per heavy atom. The number of halogens is 2. The molecule has 2 aromatic rings. The van der Waals surface area contributed by atoms with Crippen molar-refractivity contribution in [3.8, 4) is 0 Å². The first-order valence-electron chi connectivity index (χ1n) is 5.98. The summed E-state index contributed by atoms with van der Waals surface area (Å²) in [6.45, 7) is 1.30. The van der Waals surface area contributed by atoms with Gasteiger partial charge in [0.15, 0.2) is 5.82 Å². The van der Waals surface area contributed by atoms with Crippen molar-refractivity contribution >= 4 is 34.2 Å². The van der Waals surface area contributed by atoms with E-state index in [1.54, 1.807) is 0 Å². The summed E-state index contributed by atoms with van der Waals surface area (Å²) in [5, 5.41) is 8.59. The number of aromatic nitrogens is 5. The van der Waals surface area contributed by atoms with Gasteiger partial charge < -0.3 is 4.57 Å². The summed E-state index contributed by atoms with van der Waals surface area (Å²) in [7, 11) is 0. The molecule has 19 heavy (non-hydrogen) atoms. The number of hydrogen-bond acceptors (Lipinski definition) is 4. The van der Waals surface area contributed by atoms with Crippen LogP contribution < -0.4 is 5.56 Å². The smallest absolute Gasteiger partial charge is 0.268 e. The first-order valence-corrected chi connectivity index (χ1v) is 7.44. The SMILES string of the molecule is O=c1c(I)c(Cl)ncn1Cc1nnc2n1CCCC2. The maximum Gasteiger partial charge on any atom is 0.268 e. The number of rotatable bonds is 2. The quantitative estimate of drug-likeness (QED) is 0.574. The zero-order chi connectivity index (χ0) is 13.4. The Kier molecular flexibility index (Phi) is 3.57. The van der Waals surface area contributed by atoms with E-state index in [0.29, 0.717) is 10.1 Å². The second-order valence-corrected chi connectivity index (χ2v) is 5.86. The van der Waals surface area contributed by atoms with E-state index in [-0.39, 0.29) is 10.7 Å². The summed E-state index contributed by atoms with van der Waals surface area (Å²) in [4.78, 5) is 16.1. The predicted octanol–water partition coefficient (Wildman–Crippen LogP) is 1.48. The van der Waals surface area contributed by atoms with Crippen molar-refractivity contribution in [2.24, 2.45) is 0 Å². The number of hydrogen-bond donors (Lipinski definition) is 0. The van der Waals surface area contributed by atoms with E-state index in [1.807, 2.05) is 22.6 Å². The largest absolute Gasteiger partial charge is 0.313 e. The van der Waals surface area contributed by atoms with Crippen LogP contribution in [0.2, 0.25) is 5.15 Å². The Morgan fingerprint density at radius 1 is 1.37 bits per heavy atom. The third-order valence-electron chi connectivity index (χ3n) is 3.19. The molecule has 3 rings (SSSR count). The molecule has 6 nitrogen and oxygen atoms in total. The maximum absolute atomic E-state index is 12.1. The van der Waals surface area contributed by atoms with Crippen LogP contribution in [0.4, 0.5) is 0 Å². The molecule has 0 amide bonds. The van der Waals surface area contributed by atoms with Gasteiger partial charge in [-0.1, -0.05) is 11.6 Å². The summed E-state index contributed by atoms with van der Waals surface area (Å²) in [6.07, 6.45) is 4.69. The minimum Gasteiger partial charge on any atom is -0.313 e. The monoisotopic (exact) mass is 391 g/mol. The van der Waals surface area contributed by atoms with Crippen molar-refractivity contribution in [1.29, 1.82) is 0 Å². The van der Waals surface area contributed by atoms with Crippen molar-refractivity contribution in [3.63, 3.8) is 0 Å². The van der Waals surface area contributed by atoms with E-state index < -0.39 is 0 Å². The van der Waals surface area contributed by atoms with Gasteiger partial charge in [-0.25, -0.2) is 4.98 Å². The Morgan fingerprint density at radius 2 is 2.21 bits per heavy atom. The Labute approximate surface area is 128 Å². The average molecular weight is 392 g/mol. The molecule has 0 aliphatic carbocycles. The highest BCUT2D eigenvalue weighted by atomic mass is 127. The van der Waals surface area contributed by atoms with Crippen molar-refractivity contribution in [2.45, 2.75) is 32.4 Å². The van der Waals surface area contributed by atoms with Crippen molar-refractivity contribution in [1.82, 2.24) is 24.3 Å². The Bertz CT molecular complexity index is 680. The lowest BCUT2D eigenvalue weighted by atomic mass is 10.2. The number of fused-ring (bicyclic) bond motifs is 1. The lowest BCUT2D eigenvalue weighted by Gasteiger charge is -2.15. The summed E-state index contributed by atoms with van der Waals surface area (Å²) in [5.41, 5.74) is -0.145. The molecule has 0 saturated heterocycles. The Hall–Kier alpha value is -0.960. The normalized spacial score (nSPS) is 14.4. The second kappa shape index (κ2) is 5.20. The molecule has 0 bridgehead atoms. The molecule has 2 aromatic heterocycles. The highest BCUT2D eigenvalue weighted by Gasteiger charge is 2.17. The van der Waals surface area contributed by atoms with E-state index in [4.69, 9.17) is 11.6 Å². The Balaban J connectivity index is 1.96. The minimum atomic E-state index is -0.145. The standard InChI is InChI=1S/C11H11ClIN5O/c12-10-9(13)11(19)17(6-14-10)5-8-16-15-7-3-1-2-4-18(7)8/h6H,1-5H2. The molecule has 3 heterocycles. The van der Waals surface area contributed by atoms with Crippen LogP contribution in [-0.2, 0) is 19.5 Å². The molecule has 1 aliphatic heterocycles. The van der Waals surface area contributed by atoms with Crippen LogP contribution in [-0.4, -0.2) is 24.3 Å². The van der Waals surface area contributed by atoms with E-state index in [9.17, 15) is 4.79 Å². The summed E-state index contributed by atoms with van der Waals surface area (Å²) < 4.78 is 4.04. The summed E-state index contributed by atoms with van der Waals surface area (Å²) in [6, 6.07) is 0. The van der Waals surface area contributed by atoms with Gasteiger partial charge in [0, 0.05) is 13.0 Å². The topological polar surface area (TPSA) is 65.6 Å². The molecule has 1 aliphatic rings. The van der Waals surface area contributed by atoms with E-state index >= 15 is 0 Å². The van der Waals surface area contributed by atoms with Gasteiger partial charge in [0.05, 0.1) is 12.9 Å². The van der Waals surface area contributed by atoms with Crippen LogP contribution in [0.15, 0.2) is 11.1 Å². The van der Waals surface area contributed by atoms with Crippen molar-refractivity contribution in [2.75, 3.05) is 0 Å². The average Bonchev–Trinajstić information content (AvgIpc) is 2.83. The van der Waals surface area contributed by atoms with Crippen LogP contribution in [0, 0.1) is 3.57 Å². The van der Waals surface area contributed by atoms with Gasteiger partial charge in [0.25, 0.3) is 5.56 Å². The highest BCUT2D eigenvalue weighted by Crippen LogP contribution is 2.15. The molecule has 0 N–H and O–H groups in total. The number of aryl methyl sites for hydroxylation is 1. The molecule has 0 saturated carbocycles.